The standard InChI is InChI=1S/C33H35NO10/c1-38-32-31(41-21-25-15-9-4-10-16-25)30(43-33(37)44-34-27(35)17-18-28(34)36)29(40-20-24-13-7-3-8-14-24)26(42-32)22-39-19-23-11-5-2-6-12-23/h2-16,26,29-32H,17-22H2,1H3/t26-,29+,30+,31-,32+/m1/s1. The Bertz CT molecular complexity index is 1340. The molecule has 2 aliphatic heterocycles. The van der Waals surface area contributed by atoms with Gasteiger partial charge in [-0.2, -0.15) is 0 Å². The smallest absolute Gasteiger partial charge is 0.423 e. The van der Waals surface area contributed by atoms with Gasteiger partial charge in [0.25, 0.3) is 11.8 Å². The fraction of sp³-hybridized carbons (Fsp3) is 0.364. The van der Waals surface area contributed by atoms with Crippen molar-refractivity contribution in [3.05, 3.63) is 108 Å². The third-order valence-electron chi connectivity index (χ3n) is 7.19. The van der Waals surface area contributed by atoms with Crippen molar-refractivity contribution in [1.82, 2.24) is 5.06 Å². The van der Waals surface area contributed by atoms with E-state index in [-0.39, 0.29) is 32.7 Å². The highest BCUT2D eigenvalue weighted by Gasteiger charge is 2.51. The number of imide groups is 1. The molecule has 11 heteroatoms. The molecule has 2 fully saturated rings. The van der Waals surface area contributed by atoms with Gasteiger partial charge in [0.05, 0.1) is 26.4 Å². The Morgan fingerprint density at radius 3 is 1.75 bits per heavy atom. The monoisotopic (exact) mass is 605 g/mol. The number of nitrogens with zero attached hydrogens (tertiary/aromatic N) is 1. The molecule has 44 heavy (non-hydrogen) atoms. The van der Waals surface area contributed by atoms with Crippen molar-refractivity contribution in [2.75, 3.05) is 13.7 Å². The zero-order valence-corrected chi connectivity index (χ0v) is 24.3. The lowest BCUT2D eigenvalue weighted by Gasteiger charge is -2.44. The maximum absolute atomic E-state index is 13.1. The van der Waals surface area contributed by atoms with Crippen LogP contribution in [0.3, 0.4) is 0 Å². The SMILES string of the molecule is CO[C@H]1O[C@H](COCc2ccccc2)[C@H](OCc2ccccc2)[C@H](OC(=O)ON2C(=O)CCC2=O)[C@H]1OCc1ccccc1. The molecule has 0 saturated carbocycles. The third kappa shape index (κ3) is 8.28. The third-order valence-corrected chi connectivity index (χ3v) is 7.19. The fourth-order valence-corrected chi connectivity index (χ4v) is 4.98. The van der Waals surface area contributed by atoms with Gasteiger partial charge in [0.15, 0.2) is 12.4 Å². The molecular weight excluding hydrogens is 570 g/mol. The lowest BCUT2D eigenvalue weighted by Crippen LogP contribution is -2.62. The van der Waals surface area contributed by atoms with Crippen LogP contribution >= 0.6 is 0 Å². The summed E-state index contributed by atoms with van der Waals surface area (Å²) >= 11 is 0. The van der Waals surface area contributed by atoms with Gasteiger partial charge in [-0.1, -0.05) is 96.1 Å². The molecule has 2 saturated heterocycles. The number of hydroxylamine groups is 2. The Kier molecular flexibility index (Phi) is 11.1. The van der Waals surface area contributed by atoms with Gasteiger partial charge in [-0.3, -0.25) is 14.4 Å². The summed E-state index contributed by atoms with van der Waals surface area (Å²) in [5, 5.41) is 0.426. The number of benzene rings is 3. The molecule has 11 nitrogen and oxygen atoms in total. The van der Waals surface area contributed by atoms with Crippen LogP contribution < -0.4 is 0 Å². The van der Waals surface area contributed by atoms with E-state index in [0.717, 1.165) is 16.7 Å². The summed E-state index contributed by atoms with van der Waals surface area (Å²) in [6, 6.07) is 28.6. The quantitative estimate of drug-likeness (QED) is 0.206. The van der Waals surface area contributed by atoms with Gasteiger partial charge < -0.3 is 28.4 Å². The van der Waals surface area contributed by atoms with Gasteiger partial charge in [0.1, 0.15) is 18.3 Å². The minimum atomic E-state index is -1.26. The van der Waals surface area contributed by atoms with Crippen LogP contribution in [0.4, 0.5) is 4.79 Å². The van der Waals surface area contributed by atoms with Crippen LogP contribution in [0.2, 0.25) is 0 Å². The van der Waals surface area contributed by atoms with Crippen LogP contribution in [0, 0.1) is 0 Å². The van der Waals surface area contributed by atoms with Crippen LogP contribution in [-0.2, 0) is 62.7 Å². The normalized spacial score (nSPS) is 23.5. The van der Waals surface area contributed by atoms with E-state index in [1.807, 2.05) is 91.0 Å². The summed E-state index contributed by atoms with van der Waals surface area (Å²) in [5.74, 6) is -1.26. The first kappa shape index (κ1) is 31.3. The van der Waals surface area contributed by atoms with Gasteiger partial charge >= 0.3 is 6.16 Å². The molecule has 2 amide bonds. The predicted molar refractivity (Wildman–Crippen MR) is 154 cm³/mol. The Labute approximate surface area is 255 Å². The zero-order valence-electron chi connectivity index (χ0n) is 24.3. The van der Waals surface area contributed by atoms with Gasteiger partial charge in [-0.15, -0.1) is 0 Å². The van der Waals surface area contributed by atoms with Crippen molar-refractivity contribution < 1.29 is 47.6 Å². The molecule has 232 valence electrons. The highest BCUT2D eigenvalue weighted by Crippen LogP contribution is 2.31. The molecule has 2 heterocycles. The molecule has 0 aliphatic carbocycles. The van der Waals surface area contributed by atoms with Crippen LogP contribution in [-0.4, -0.2) is 67.5 Å². The molecule has 0 aromatic heterocycles. The molecule has 0 bridgehead atoms. The molecule has 0 radical (unpaired) electrons. The van der Waals surface area contributed by atoms with E-state index in [1.165, 1.54) is 7.11 Å². The second kappa shape index (κ2) is 15.6. The van der Waals surface area contributed by atoms with Crippen molar-refractivity contribution in [3.8, 4) is 0 Å². The Morgan fingerprint density at radius 1 is 0.727 bits per heavy atom. The van der Waals surface area contributed by atoms with E-state index in [9.17, 15) is 14.4 Å². The second-order valence-electron chi connectivity index (χ2n) is 10.3. The first-order chi connectivity index (χ1) is 21.5. The summed E-state index contributed by atoms with van der Waals surface area (Å²) in [4.78, 5) is 42.4. The molecule has 2 aliphatic rings. The fourth-order valence-electron chi connectivity index (χ4n) is 4.98. The molecule has 3 aromatic carbocycles. The van der Waals surface area contributed by atoms with Crippen molar-refractivity contribution in [1.29, 1.82) is 0 Å². The first-order valence-corrected chi connectivity index (χ1v) is 14.4. The minimum absolute atomic E-state index is 0.0540. The van der Waals surface area contributed by atoms with Crippen molar-refractivity contribution in [2.24, 2.45) is 0 Å². The van der Waals surface area contributed by atoms with Crippen LogP contribution in [0.1, 0.15) is 29.5 Å². The summed E-state index contributed by atoms with van der Waals surface area (Å²) in [6.07, 6.45) is -6.18. The van der Waals surface area contributed by atoms with Crippen LogP contribution in [0.15, 0.2) is 91.0 Å². The number of hydrogen-bond acceptors (Lipinski definition) is 10. The minimum Gasteiger partial charge on any atom is -0.423 e. The Hall–Kier alpha value is -4.13. The number of hydrogen-bond donors (Lipinski definition) is 0. The molecule has 3 aromatic rings. The van der Waals surface area contributed by atoms with Crippen molar-refractivity contribution in [3.63, 3.8) is 0 Å². The largest absolute Gasteiger partial charge is 0.534 e. The maximum atomic E-state index is 13.1. The summed E-state index contributed by atoms with van der Waals surface area (Å²) < 4.78 is 36.4. The summed E-state index contributed by atoms with van der Waals surface area (Å²) in [5.41, 5.74) is 2.71. The lowest BCUT2D eigenvalue weighted by molar-refractivity contribution is -0.317. The molecule has 0 spiro atoms. The lowest BCUT2D eigenvalue weighted by atomic mass is 9.98. The Morgan fingerprint density at radius 2 is 1.23 bits per heavy atom. The number of methoxy groups -OCH3 is 1. The molecule has 5 rings (SSSR count). The predicted octanol–water partition coefficient (Wildman–Crippen LogP) is 4.33. The van der Waals surface area contributed by atoms with Gasteiger partial charge in [-0.25, -0.2) is 4.79 Å². The Balaban J connectivity index is 1.40. The second-order valence-corrected chi connectivity index (χ2v) is 10.3. The van der Waals surface area contributed by atoms with E-state index in [1.54, 1.807) is 0 Å². The molecule has 0 unspecified atom stereocenters. The average Bonchev–Trinajstić information content (AvgIpc) is 3.37. The topological polar surface area (TPSA) is 119 Å². The van der Waals surface area contributed by atoms with E-state index < -0.39 is 48.7 Å². The highest BCUT2D eigenvalue weighted by atomic mass is 16.8. The number of amides is 2. The zero-order chi connectivity index (χ0) is 30.7. The first-order valence-electron chi connectivity index (χ1n) is 14.4. The highest BCUT2D eigenvalue weighted by molar-refractivity contribution is 6.01. The summed E-state index contributed by atoms with van der Waals surface area (Å²) in [7, 11) is 1.45. The van der Waals surface area contributed by atoms with E-state index in [0.29, 0.717) is 11.7 Å². The maximum Gasteiger partial charge on any atom is 0.534 e. The van der Waals surface area contributed by atoms with Gasteiger partial charge in [0, 0.05) is 20.0 Å². The molecular formula is C33H35NO10. The van der Waals surface area contributed by atoms with E-state index in [4.69, 9.17) is 33.3 Å². The molecule has 0 N–H and O–H groups in total. The number of carbonyl (C=O) groups is 3. The number of rotatable bonds is 13. The van der Waals surface area contributed by atoms with Crippen molar-refractivity contribution in [2.45, 2.75) is 63.4 Å². The van der Waals surface area contributed by atoms with Crippen molar-refractivity contribution >= 4 is 18.0 Å². The van der Waals surface area contributed by atoms with Gasteiger partial charge in [-0.05, 0) is 16.7 Å². The van der Waals surface area contributed by atoms with Gasteiger partial charge in [0.2, 0.25) is 0 Å². The van der Waals surface area contributed by atoms with Crippen LogP contribution in [0.25, 0.3) is 0 Å². The molecule has 5 atom stereocenters. The van der Waals surface area contributed by atoms with E-state index in [2.05, 4.69) is 0 Å². The average molecular weight is 606 g/mol. The number of carbonyl (C=O) groups excluding carboxylic acids is 3. The summed E-state index contributed by atoms with van der Waals surface area (Å²) in [6.45, 7) is 0.681. The van der Waals surface area contributed by atoms with E-state index >= 15 is 0 Å². The van der Waals surface area contributed by atoms with Crippen LogP contribution in [0.5, 0.6) is 0 Å². The number of ether oxygens (including phenoxy) is 6.